The van der Waals surface area contributed by atoms with Gasteiger partial charge in [-0.25, -0.2) is 9.59 Å². The molecule has 1 aliphatic heterocycles. The summed E-state index contributed by atoms with van der Waals surface area (Å²) in [5.41, 5.74) is 0.657. The van der Waals surface area contributed by atoms with Crippen molar-refractivity contribution in [2.24, 2.45) is 5.92 Å². The molecule has 2 fully saturated rings. The van der Waals surface area contributed by atoms with Crippen LogP contribution >= 0.6 is 0 Å². The van der Waals surface area contributed by atoms with Gasteiger partial charge in [0.25, 0.3) is 0 Å². The summed E-state index contributed by atoms with van der Waals surface area (Å²) in [6.45, 7) is 2.23. The van der Waals surface area contributed by atoms with E-state index in [1.165, 1.54) is 19.3 Å². The van der Waals surface area contributed by atoms with E-state index in [2.05, 4.69) is 16.0 Å². The van der Waals surface area contributed by atoms with Gasteiger partial charge < -0.3 is 25.6 Å². The number of piperidine rings is 1. The van der Waals surface area contributed by atoms with Crippen LogP contribution in [0.4, 0.5) is 15.3 Å². The number of amides is 4. The molecular weight excluding hydrogens is 368 g/mol. The molecule has 1 aliphatic carbocycles. The quantitative estimate of drug-likeness (QED) is 0.673. The number of methoxy groups -OCH3 is 1. The lowest BCUT2D eigenvalue weighted by atomic mass is 9.93. The number of likely N-dealkylation sites (tertiary alicyclic amines) is 1. The van der Waals surface area contributed by atoms with Crippen LogP contribution in [0.5, 0.6) is 5.75 Å². The Morgan fingerprint density at radius 3 is 2.52 bits per heavy atom. The number of nitrogens with one attached hydrogen (secondary N) is 3. The predicted octanol–water partition coefficient (Wildman–Crippen LogP) is 3.96. The summed E-state index contributed by atoms with van der Waals surface area (Å²) in [5.74, 6) is 1.18. The summed E-state index contributed by atoms with van der Waals surface area (Å²) in [7, 11) is 1.58. The Kier molecular flexibility index (Phi) is 8.02. The molecule has 160 valence electrons. The van der Waals surface area contributed by atoms with E-state index in [4.69, 9.17) is 4.74 Å². The highest BCUT2D eigenvalue weighted by molar-refractivity contribution is 5.90. The first-order chi connectivity index (χ1) is 14.2. The Hall–Kier alpha value is -2.44. The van der Waals surface area contributed by atoms with Gasteiger partial charge in [0.2, 0.25) is 0 Å². The summed E-state index contributed by atoms with van der Waals surface area (Å²) in [5, 5.41) is 8.95. The van der Waals surface area contributed by atoms with E-state index < -0.39 is 0 Å². The molecule has 0 unspecified atom stereocenters. The number of anilines is 1. The average molecular weight is 403 g/mol. The number of hydrogen-bond acceptors (Lipinski definition) is 3. The molecule has 1 heterocycles. The van der Waals surface area contributed by atoms with Gasteiger partial charge in [-0.3, -0.25) is 0 Å². The van der Waals surface area contributed by atoms with Crippen molar-refractivity contribution in [2.75, 3.05) is 32.1 Å². The molecule has 1 saturated heterocycles. The fraction of sp³-hybridized carbons (Fsp3) is 0.636. The van der Waals surface area contributed by atoms with Crippen LogP contribution in [-0.4, -0.2) is 49.7 Å². The van der Waals surface area contributed by atoms with E-state index in [0.29, 0.717) is 29.9 Å². The number of urea groups is 2. The van der Waals surface area contributed by atoms with Crippen LogP contribution in [0.2, 0.25) is 0 Å². The standard InChI is InChI=1S/C22H34N4O3/c1-29-20-10-6-5-9-19(20)25-21(27)23-14-11-17-12-15-26(16-13-17)22(28)24-18-7-3-2-4-8-18/h5-6,9-10,17-18H,2-4,7-8,11-16H2,1H3,(H,24,28)(H2,23,25,27). The van der Waals surface area contributed by atoms with Crippen molar-refractivity contribution < 1.29 is 14.3 Å². The minimum Gasteiger partial charge on any atom is -0.495 e. The summed E-state index contributed by atoms with van der Waals surface area (Å²) in [6, 6.07) is 7.59. The number of benzene rings is 1. The van der Waals surface area contributed by atoms with Crippen LogP contribution in [0.15, 0.2) is 24.3 Å². The second-order valence-electron chi connectivity index (χ2n) is 8.08. The van der Waals surface area contributed by atoms with Gasteiger partial charge in [0, 0.05) is 25.7 Å². The molecule has 1 aromatic rings. The summed E-state index contributed by atoms with van der Waals surface area (Å²) in [4.78, 5) is 26.5. The highest BCUT2D eigenvalue weighted by atomic mass is 16.5. The molecule has 29 heavy (non-hydrogen) atoms. The van der Waals surface area contributed by atoms with Gasteiger partial charge in [-0.1, -0.05) is 31.4 Å². The first-order valence-corrected chi connectivity index (χ1v) is 10.9. The number of rotatable bonds is 6. The third-order valence-corrected chi connectivity index (χ3v) is 6.03. The lowest BCUT2D eigenvalue weighted by Crippen LogP contribution is -2.48. The van der Waals surface area contributed by atoms with E-state index in [-0.39, 0.29) is 12.1 Å². The zero-order valence-electron chi connectivity index (χ0n) is 17.4. The van der Waals surface area contributed by atoms with Crippen LogP contribution in [0.25, 0.3) is 0 Å². The van der Waals surface area contributed by atoms with Crippen LogP contribution in [0.3, 0.4) is 0 Å². The average Bonchev–Trinajstić information content (AvgIpc) is 2.75. The van der Waals surface area contributed by atoms with Crippen LogP contribution in [0, 0.1) is 5.92 Å². The second kappa shape index (κ2) is 10.9. The normalized spacial score (nSPS) is 18.2. The van der Waals surface area contributed by atoms with Gasteiger partial charge in [0.15, 0.2) is 0 Å². The smallest absolute Gasteiger partial charge is 0.319 e. The van der Waals surface area contributed by atoms with Crippen LogP contribution in [-0.2, 0) is 0 Å². The van der Waals surface area contributed by atoms with E-state index in [0.717, 1.165) is 45.2 Å². The van der Waals surface area contributed by atoms with Crippen molar-refractivity contribution in [3.63, 3.8) is 0 Å². The Labute approximate surface area is 173 Å². The third kappa shape index (κ3) is 6.54. The lowest BCUT2D eigenvalue weighted by molar-refractivity contribution is 0.162. The first-order valence-electron chi connectivity index (χ1n) is 10.9. The number of carbonyl (C=O) groups excluding carboxylic acids is 2. The fourth-order valence-corrected chi connectivity index (χ4v) is 4.24. The molecule has 0 aromatic heterocycles. The van der Waals surface area contributed by atoms with Crippen molar-refractivity contribution in [2.45, 2.75) is 57.4 Å². The molecule has 0 spiro atoms. The van der Waals surface area contributed by atoms with Gasteiger partial charge in [-0.15, -0.1) is 0 Å². The van der Waals surface area contributed by atoms with E-state index >= 15 is 0 Å². The highest BCUT2D eigenvalue weighted by Gasteiger charge is 2.24. The summed E-state index contributed by atoms with van der Waals surface area (Å²) >= 11 is 0. The molecule has 3 rings (SSSR count). The molecule has 1 aromatic carbocycles. The van der Waals surface area contributed by atoms with Gasteiger partial charge in [-0.2, -0.15) is 0 Å². The molecule has 4 amide bonds. The van der Waals surface area contributed by atoms with Crippen LogP contribution < -0.4 is 20.7 Å². The maximum atomic E-state index is 12.4. The molecule has 7 nitrogen and oxygen atoms in total. The van der Waals surface area contributed by atoms with Gasteiger partial charge in [-0.05, 0) is 50.2 Å². The van der Waals surface area contributed by atoms with Crippen LogP contribution in [0.1, 0.15) is 51.4 Å². The number of nitrogens with zero attached hydrogens (tertiary/aromatic N) is 1. The van der Waals surface area contributed by atoms with E-state index in [1.807, 2.05) is 29.2 Å². The highest BCUT2D eigenvalue weighted by Crippen LogP contribution is 2.23. The summed E-state index contributed by atoms with van der Waals surface area (Å²) < 4.78 is 5.24. The Morgan fingerprint density at radius 1 is 1.07 bits per heavy atom. The van der Waals surface area contributed by atoms with E-state index in [9.17, 15) is 9.59 Å². The number of ether oxygens (including phenoxy) is 1. The SMILES string of the molecule is COc1ccccc1NC(=O)NCCC1CCN(C(=O)NC2CCCCC2)CC1. The van der Waals surface area contributed by atoms with Crippen molar-refractivity contribution in [3.05, 3.63) is 24.3 Å². The molecule has 0 atom stereocenters. The van der Waals surface area contributed by atoms with E-state index in [1.54, 1.807) is 7.11 Å². The third-order valence-electron chi connectivity index (χ3n) is 6.03. The lowest BCUT2D eigenvalue weighted by Gasteiger charge is -2.34. The van der Waals surface area contributed by atoms with Crippen molar-refractivity contribution in [3.8, 4) is 5.75 Å². The monoisotopic (exact) mass is 402 g/mol. The minimum absolute atomic E-state index is 0.102. The molecule has 3 N–H and O–H groups in total. The Balaban J connectivity index is 1.31. The topological polar surface area (TPSA) is 82.7 Å². The second-order valence-corrected chi connectivity index (χ2v) is 8.08. The Morgan fingerprint density at radius 2 is 1.79 bits per heavy atom. The van der Waals surface area contributed by atoms with Gasteiger partial charge in [0.05, 0.1) is 12.8 Å². The van der Waals surface area contributed by atoms with Crippen molar-refractivity contribution >= 4 is 17.7 Å². The maximum absolute atomic E-state index is 12.4. The first kappa shape index (κ1) is 21.3. The zero-order valence-corrected chi connectivity index (χ0v) is 17.4. The molecule has 0 bridgehead atoms. The molecular formula is C22H34N4O3. The van der Waals surface area contributed by atoms with Gasteiger partial charge >= 0.3 is 12.1 Å². The number of para-hydroxylation sites is 2. The summed E-state index contributed by atoms with van der Waals surface area (Å²) in [6.07, 6.45) is 8.90. The molecule has 7 heteroatoms. The zero-order chi connectivity index (χ0) is 20.5. The van der Waals surface area contributed by atoms with Crippen molar-refractivity contribution in [1.29, 1.82) is 0 Å². The maximum Gasteiger partial charge on any atom is 0.319 e. The number of hydrogen-bond donors (Lipinski definition) is 3. The predicted molar refractivity (Wildman–Crippen MR) is 114 cm³/mol. The molecule has 2 aliphatic rings. The van der Waals surface area contributed by atoms with Crippen molar-refractivity contribution in [1.82, 2.24) is 15.5 Å². The molecule has 0 radical (unpaired) electrons. The minimum atomic E-state index is -0.223. The Bertz CT molecular complexity index is 668. The largest absolute Gasteiger partial charge is 0.495 e. The number of carbonyl (C=O) groups is 2. The fourth-order valence-electron chi connectivity index (χ4n) is 4.24. The van der Waals surface area contributed by atoms with Gasteiger partial charge in [0.1, 0.15) is 5.75 Å². The molecule has 1 saturated carbocycles.